The van der Waals surface area contributed by atoms with E-state index in [1.54, 1.807) is 30.3 Å². The fourth-order valence-electron chi connectivity index (χ4n) is 2.57. The molecule has 1 aromatic heterocycles. The molecule has 7 nitrogen and oxygen atoms in total. The molecule has 3 rings (SSSR count). The van der Waals surface area contributed by atoms with E-state index in [4.69, 9.17) is 16.3 Å². The molecule has 0 bridgehead atoms. The third kappa shape index (κ3) is 4.18. The third-order valence-electron chi connectivity index (χ3n) is 4.09. The number of halogens is 1. The van der Waals surface area contributed by atoms with Crippen molar-refractivity contribution >= 4 is 29.0 Å². The maximum absolute atomic E-state index is 12.4. The van der Waals surface area contributed by atoms with Crippen LogP contribution in [0.25, 0.3) is 0 Å². The Morgan fingerprint density at radius 3 is 2.56 bits per heavy atom. The molecule has 132 valence electrons. The fourth-order valence-corrected chi connectivity index (χ4v) is 2.82. The van der Waals surface area contributed by atoms with Gasteiger partial charge in [0.15, 0.2) is 0 Å². The Balaban J connectivity index is 1.66. The highest BCUT2D eigenvalue weighted by atomic mass is 35.5. The number of likely N-dealkylation sites (N-methyl/N-ethyl adjacent to an activating group) is 1. The molecule has 2 aromatic rings. The first-order valence-electron chi connectivity index (χ1n) is 7.97. The summed E-state index contributed by atoms with van der Waals surface area (Å²) in [5.41, 5.74) is 1.11. The highest BCUT2D eigenvalue weighted by molar-refractivity contribution is 6.32. The molecule has 1 N–H and O–H groups in total. The molecule has 2 heterocycles. The van der Waals surface area contributed by atoms with Crippen molar-refractivity contribution in [1.82, 2.24) is 19.8 Å². The van der Waals surface area contributed by atoms with Gasteiger partial charge in [-0.2, -0.15) is 0 Å². The zero-order valence-electron chi connectivity index (χ0n) is 14.2. The highest BCUT2D eigenvalue weighted by Gasteiger charge is 2.21. The number of rotatable bonds is 4. The number of benzene rings is 1. The van der Waals surface area contributed by atoms with Gasteiger partial charge in [-0.25, -0.2) is 9.97 Å². The predicted molar refractivity (Wildman–Crippen MR) is 96.7 cm³/mol. The van der Waals surface area contributed by atoms with Gasteiger partial charge in [0.1, 0.15) is 17.3 Å². The number of hydrogen-bond acceptors (Lipinski definition) is 6. The third-order valence-corrected chi connectivity index (χ3v) is 4.38. The Bertz CT molecular complexity index is 745. The summed E-state index contributed by atoms with van der Waals surface area (Å²) < 4.78 is 5.12. The van der Waals surface area contributed by atoms with Crippen molar-refractivity contribution in [1.29, 1.82) is 0 Å². The van der Waals surface area contributed by atoms with E-state index in [2.05, 4.69) is 20.2 Å². The van der Waals surface area contributed by atoms with Crippen molar-refractivity contribution in [2.75, 3.05) is 45.7 Å². The molecule has 0 aliphatic carbocycles. The van der Waals surface area contributed by atoms with Gasteiger partial charge in [0.05, 0.1) is 24.5 Å². The van der Waals surface area contributed by atoms with Gasteiger partial charge in [0.2, 0.25) is 0 Å². The van der Waals surface area contributed by atoms with Gasteiger partial charge < -0.3 is 19.9 Å². The average Bonchev–Trinajstić information content (AvgIpc) is 2.63. The van der Waals surface area contributed by atoms with Crippen LogP contribution in [0.4, 0.5) is 11.5 Å². The van der Waals surface area contributed by atoms with Gasteiger partial charge in [-0.05, 0) is 25.2 Å². The van der Waals surface area contributed by atoms with Crippen LogP contribution in [0.1, 0.15) is 10.5 Å². The number of nitrogens with zero attached hydrogens (tertiary/aromatic N) is 4. The van der Waals surface area contributed by atoms with E-state index in [1.165, 1.54) is 6.20 Å². The van der Waals surface area contributed by atoms with Crippen LogP contribution in [-0.2, 0) is 0 Å². The van der Waals surface area contributed by atoms with Crippen LogP contribution in [-0.4, -0.2) is 66.0 Å². The minimum absolute atomic E-state index is 0.0837. The molecule has 0 radical (unpaired) electrons. The molecule has 0 saturated carbocycles. The van der Waals surface area contributed by atoms with Crippen molar-refractivity contribution in [3.63, 3.8) is 0 Å². The number of piperazine rings is 1. The summed E-state index contributed by atoms with van der Waals surface area (Å²) >= 11 is 6.10. The molecule has 25 heavy (non-hydrogen) atoms. The molecule has 1 aromatic carbocycles. The molecule has 1 fully saturated rings. The molecule has 1 saturated heterocycles. The van der Waals surface area contributed by atoms with E-state index < -0.39 is 0 Å². The summed E-state index contributed by atoms with van der Waals surface area (Å²) in [6, 6.07) is 5.34. The number of amides is 1. The highest BCUT2D eigenvalue weighted by Crippen LogP contribution is 2.28. The zero-order chi connectivity index (χ0) is 17.8. The Morgan fingerprint density at radius 2 is 1.96 bits per heavy atom. The molecule has 0 unspecified atom stereocenters. The van der Waals surface area contributed by atoms with Crippen molar-refractivity contribution in [3.8, 4) is 5.75 Å². The summed E-state index contributed by atoms with van der Waals surface area (Å²) in [4.78, 5) is 25.0. The van der Waals surface area contributed by atoms with E-state index in [0.29, 0.717) is 35.4 Å². The normalized spacial score (nSPS) is 15.1. The van der Waals surface area contributed by atoms with Crippen LogP contribution in [0.3, 0.4) is 0 Å². The molecule has 1 aliphatic heterocycles. The topological polar surface area (TPSA) is 70.6 Å². The van der Waals surface area contributed by atoms with Crippen LogP contribution < -0.4 is 10.1 Å². The quantitative estimate of drug-likeness (QED) is 0.900. The molecular weight excluding hydrogens is 342 g/mol. The van der Waals surface area contributed by atoms with Crippen LogP contribution in [0, 0.1) is 0 Å². The van der Waals surface area contributed by atoms with E-state index >= 15 is 0 Å². The number of hydrogen-bond donors (Lipinski definition) is 1. The number of carbonyl (C=O) groups is 1. The van der Waals surface area contributed by atoms with E-state index in [1.807, 2.05) is 13.1 Å². The first kappa shape index (κ1) is 17.4. The molecular formula is C17H20ClN5O2. The first-order valence-corrected chi connectivity index (χ1v) is 8.35. The van der Waals surface area contributed by atoms with Crippen LogP contribution in [0.15, 0.2) is 30.6 Å². The monoisotopic (exact) mass is 361 g/mol. The second-order valence-corrected chi connectivity index (χ2v) is 6.26. The maximum Gasteiger partial charge on any atom is 0.274 e. The minimum atomic E-state index is -0.0837. The summed E-state index contributed by atoms with van der Waals surface area (Å²) in [7, 11) is 3.61. The Labute approximate surface area is 151 Å². The summed E-state index contributed by atoms with van der Waals surface area (Å²) in [5, 5.41) is 3.60. The molecule has 0 atom stereocenters. The van der Waals surface area contributed by atoms with E-state index in [9.17, 15) is 4.79 Å². The molecule has 8 heteroatoms. The lowest BCUT2D eigenvalue weighted by atomic mass is 10.3. The van der Waals surface area contributed by atoms with Gasteiger partial charge in [-0.15, -0.1) is 0 Å². The molecule has 1 amide bonds. The molecule has 1 aliphatic rings. The lowest BCUT2D eigenvalue weighted by Crippen LogP contribution is -2.47. The van der Waals surface area contributed by atoms with Crippen molar-refractivity contribution in [3.05, 3.63) is 41.3 Å². The number of methoxy groups -OCH3 is 1. The van der Waals surface area contributed by atoms with Gasteiger partial charge in [-0.1, -0.05) is 11.6 Å². The van der Waals surface area contributed by atoms with Crippen molar-refractivity contribution in [2.24, 2.45) is 0 Å². The largest absolute Gasteiger partial charge is 0.495 e. The van der Waals surface area contributed by atoms with Gasteiger partial charge in [0, 0.05) is 31.9 Å². The lowest BCUT2D eigenvalue weighted by Gasteiger charge is -2.32. The predicted octanol–water partition coefficient (Wildman–Crippen LogP) is 2.27. The SMILES string of the molecule is COc1ccc(Nc2cnc(C(=O)N3CCN(C)CC3)cn2)cc1Cl. The number of aromatic nitrogens is 2. The van der Waals surface area contributed by atoms with E-state index in [-0.39, 0.29) is 5.91 Å². The Kier molecular flexibility index (Phi) is 5.35. The van der Waals surface area contributed by atoms with E-state index in [0.717, 1.165) is 18.8 Å². The fraction of sp³-hybridized carbons (Fsp3) is 0.353. The maximum atomic E-state index is 12.4. The summed E-state index contributed by atoms with van der Waals surface area (Å²) in [6.07, 6.45) is 3.04. The van der Waals surface area contributed by atoms with Crippen LogP contribution in [0.2, 0.25) is 5.02 Å². The second-order valence-electron chi connectivity index (χ2n) is 5.86. The summed E-state index contributed by atoms with van der Waals surface area (Å²) in [6.45, 7) is 3.16. The number of nitrogens with one attached hydrogen (secondary N) is 1. The number of ether oxygens (including phenoxy) is 1. The number of anilines is 2. The van der Waals surface area contributed by atoms with Crippen molar-refractivity contribution in [2.45, 2.75) is 0 Å². The van der Waals surface area contributed by atoms with Crippen LogP contribution in [0.5, 0.6) is 5.75 Å². The standard InChI is InChI=1S/C17H20ClN5O2/c1-22-5-7-23(8-6-22)17(24)14-10-20-16(11-19-14)21-12-3-4-15(25-2)13(18)9-12/h3-4,9-11H,5-8H2,1-2H3,(H,20,21). The summed E-state index contributed by atoms with van der Waals surface area (Å²) in [5.74, 6) is 1.06. The second kappa shape index (κ2) is 7.67. The zero-order valence-corrected chi connectivity index (χ0v) is 15.0. The van der Waals surface area contributed by atoms with Gasteiger partial charge in [0.25, 0.3) is 5.91 Å². The van der Waals surface area contributed by atoms with Crippen LogP contribution >= 0.6 is 11.6 Å². The Morgan fingerprint density at radius 1 is 1.20 bits per heavy atom. The first-order chi connectivity index (χ1) is 12.1. The smallest absolute Gasteiger partial charge is 0.274 e. The van der Waals surface area contributed by atoms with Crippen molar-refractivity contribution < 1.29 is 9.53 Å². The van der Waals surface area contributed by atoms with Gasteiger partial charge in [-0.3, -0.25) is 4.79 Å². The number of carbonyl (C=O) groups excluding carboxylic acids is 1. The molecule has 0 spiro atoms. The average molecular weight is 362 g/mol. The minimum Gasteiger partial charge on any atom is -0.495 e. The lowest BCUT2D eigenvalue weighted by molar-refractivity contribution is 0.0658. The Hall–Kier alpha value is -2.38. The van der Waals surface area contributed by atoms with Gasteiger partial charge >= 0.3 is 0 Å².